The third kappa shape index (κ3) is 1.59. The smallest absolute Gasteiger partial charge is 0.280 e. The highest BCUT2D eigenvalue weighted by Gasteiger charge is 2.52. The molecule has 3 heterocycles. The standard InChI is InChI=1S/C13H14F2N2O2/c1-12(2)9-7(3-4-8(16-9)10(14)15)13(5-19-6-13)17-11(12)18/h3-4,10H,5-6H2,1-2H3,(H,17,18). The van der Waals surface area contributed by atoms with E-state index in [4.69, 9.17) is 4.74 Å². The molecule has 1 saturated heterocycles. The number of hydrogen-bond acceptors (Lipinski definition) is 3. The highest BCUT2D eigenvalue weighted by molar-refractivity contribution is 5.90. The summed E-state index contributed by atoms with van der Waals surface area (Å²) in [6, 6.07) is 2.95. The number of carbonyl (C=O) groups is 1. The predicted molar refractivity (Wildman–Crippen MR) is 62.9 cm³/mol. The molecular formula is C13H14F2N2O2. The van der Waals surface area contributed by atoms with Crippen LogP contribution in [0.3, 0.4) is 0 Å². The van der Waals surface area contributed by atoms with Gasteiger partial charge in [0, 0.05) is 5.56 Å². The first kappa shape index (κ1) is 12.5. The van der Waals surface area contributed by atoms with Gasteiger partial charge in [-0.15, -0.1) is 0 Å². The zero-order chi connectivity index (χ0) is 13.8. The van der Waals surface area contributed by atoms with Crippen LogP contribution in [0, 0.1) is 0 Å². The molecule has 6 heteroatoms. The van der Waals surface area contributed by atoms with Gasteiger partial charge in [-0.25, -0.2) is 8.78 Å². The maximum absolute atomic E-state index is 12.8. The van der Waals surface area contributed by atoms with Crippen molar-refractivity contribution in [1.29, 1.82) is 0 Å². The molecule has 2 aliphatic heterocycles. The Balaban J connectivity index is 2.20. The lowest BCUT2D eigenvalue weighted by Gasteiger charge is -2.49. The minimum absolute atomic E-state index is 0.206. The van der Waals surface area contributed by atoms with Gasteiger partial charge < -0.3 is 10.1 Å². The quantitative estimate of drug-likeness (QED) is 0.842. The molecule has 1 N–H and O–H groups in total. The summed E-state index contributed by atoms with van der Waals surface area (Å²) in [7, 11) is 0. The van der Waals surface area contributed by atoms with Crippen molar-refractivity contribution in [2.45, 2.75) is 31.2 Å². The van der Waals surface area contributed by atoms with Crippen molar-refractivity contribution in [3.63, 3.8) is 0 Å². The van der Waals surface area contributed by atoms with Crippen LogP contribution in [0.2, 0.25) is 0 Å². The van der Waals surface area contributed by atoms with Crippen LogP contribution in [0.15, 0.2) is 12.1 Å². The molecule has 2 aliphatic rings. The lowest BCUT2D eigenvalue weighted by molar-refractivity contribution is -0.141. The molecule has 102 valence electrons. The fraction of sp³-hybridized carbons (Fsp3) is 0.538. The molecule has 0 radical (unpaired) electrons. The Labute approximate surface area is 109 Å². The van der Waals surface area contributed by atoms with E-state index in [1.807, 2.05) is 0 Å². The van der Waals surface area contributed by atoms with Crippen LogP contribution >= 0.6 is 0 Å². The van der Waals surface area contributed by atoms with E-state index < -0.39 is 17.4 Å². The summed E-state index contributed by atoms with van der Waals surface area (Å²) < 4.78 is 30.7. The van der Waals surface area contributed by atoms with Crippen molar-refractivity contribution in [2.75, 3.05) is 13.2 Å². The summed E-state index contributed by atoms with van der Waals surface area (Å²) in [6.07, 6.45) is -2.64. The van der Waals surface area contributed by atoms with E-state index in [2.05, 4.69) is 10.3 Å². The van der Waals surface area contributed by atoms with Crippen molar-refractivity contribution in [3.8, 4) is 0 Å². The second-order valence-corrected chi connectivity index (χ2v) is 5.59. The van der Waals surface area contributed by atoms with Crippen LogP contribution in [0.1, 0.15) is 37.2 Å². The number of pyridine rings is 1. The summed E-state index contributed by atoms with van der Waals surface area (Å²) in [5.41, 5.74) is -0.585. The third-order valence-corrected chi connectivity index (χ3v) is 3.87. The average Bonchev–Trinajstić information content (AvgIpc) is 2.31. The number of carbonyl (C=O) groups excluding carboxylic acids is 1. The van der Waals surface area contributed by atoms with Gasteiger partial charge in [0.05, 0.1) is 24.3 Å². The number of ether oxygens (including phenoxy) is 1. The van der Waals surface area contributed by atoms with Crippen molar-refractivity contribution < 1.29 is 18.3 Å². The SMILES string of the molecule is CC1(C)C(=O)NC2(COC2)c2ccc(C(F)F)nc21. The van der Waals surface area contributed by atoms with Gasteiger partial charge in [-0.05, 0) is 19.9 Å². The van der Waals surface area contributed by atoms with E-state index in [1.165, 1.54) is 6.07 Å². The van der Waals surface area contributed by atoms with Gasteiger partial charge in [0.1, 0.15) is 11.2 Å². The van der Waals surface area contributed by atoms with Crippen LogP contribution in [0.25, 0.3) is 0 Å². The molecule has 1 aromatic heterocycles. The van der Waals surface area contributed by atoms with Gasteiger partial charge in [-0.2, -0.15) is 0 Å². The molecule has 0 unspecified atom stereocenters. The monoisotopic (exact) mass is 268 g/mol. The lowest BCUT2D eigenvalue weighted by Crippen LogP contribution is -2.66. The van der Waals surface area contributed by atoms with Crippen LogP contribution < -0.4 is 5.32 Å². The molecule has 1 amide bonds. The van der Waals surface area contributed by atoms with E-state index in [9.17, 15) is 13.6 Å². The predicted octanol–water partition coefficient (Wildman–Crippen LogP) is 1.65. The normalized spacial score (nSPS) is 22.9. The van der Waals surface area contributed by atoms with Gasteiger partial charge in [0.25, 0.3) is 6.43 Å². The van der Waals surface area contributed by atoms with Crippen molar-refractivity contribution in [1.82, 2.24) is 10.3 Å². The molecule has 3 rings (SSSR count). The summed E-state index contributed by atoms with van der Waals surface area (Å²) >= 11 is 0. The highest BCUT2D eigenvalue weighted by atomic mass is 19.3. The van der Waals surface area contributed by atoms with E-state index in [0.29, 0.717) is 18.9 Å². The van der Waals surface area contributed by atoms with E-state index >= 15 is 0 Å². The summed E-state index contributed by atoms with van der Waals surface area (Å²) in [5, 5.41) is 2.93. The molecule has 4 nitrogen and oxygen atoms in total. The number of aromatic nitrogens is 1. The zero-order valence-corrected chi connectivity index (χ0v) is 10.7. The Hall–Kier alpha value is -1.56. The molecule has 1 fully saturated rings. The van der Waals surface area contributed by atoms with Crippen molar-refractivity contribution in [2.24, 2.45) is 0 Å². The molecule has 0 aliphatic carbocycles. The van der Waals surface area contributed by atoms with E-state index in [1.54, 1.807) is 19.9 Å². The number of amides is 1. The van der Waals surface area contributed by atoms with Crippen LogP contribution in [0.4, 0.5) is 8.78 Å². The average molecular weight is 268 g/mol. The van der Waals surface area contributed by atoms with Gasteiger partial charge in [0.2, 0.25) is 5.91 Å². The van der Waals surface area contributed by atoms with Crippen LogP contribution in [-0.2, 0) is 20.5 Å². The molecule has 0 bridgehead atoms. The first-order chi connectivity index (χ1) is 8.87. The first-order valence-corrected chi connectivity index (χ1v) is 6.07. The number of halogens is 2. The first-order valence-electron chi connectivity index (χ1n) is 6.07. The fourth-order valence-electron chi connectivity index (χ4n) is 2.54. The van der Waals surface area contributed by atoms with Gasteiger partial charge in [-0.1, -0.05) is 6.07 Å². The third-order valence-electron chi connectivity index (χ3n) is 3.87. The van der Waals surface area contributed by atoms with E-state index in [0.717, 1.165) is 5.56 Å². The Morgan fingerprint density at radius 1 is 1.37 bits per heavy atom. The second-order valence-electron chi connectivity index (χ2n) is 5.59. The number of fused-ring (bicyclic) bond motifs is 2. The number of hydrogen-bond donors (Lipinski definition) is 1. The Morgan fingerprint density at radius 3 is 2.58 bits per heavy atom. The topological polar surface area (TPSA) is 51.2 Å². The molecule has 0 aromatic carbocycles. The molecule has 0 atom stereocenters. The van der Waals surface area contributed by atoms with Crippen LogP contribution in [0.5, 0.6) is 0 Å². The minimum atomic E-state index is -2.64. The van der Waals surface area contributed by atoms with Crippen molar-refractivity contribution in [3.05, 3.63) is 29.1 Å². The molecule has 19 heavy (non-hydrogen) atoms. The molecule has 1 spiro atoms. The maximum atomic E-state index is 12.8. The molecule has 1 aromatic rings. The highest BCUT2D eigenvalue weighted by Crippen LogP contribution is 2.41. The Kier molecular flexibility index (Phi) is 2.44. The zero-order valence-electron chi connectivity index (χ0n) is 10.7. The Bertz CT molecular complexity index is 554. The van der Waals surface area contributed by atoms with Gasteiger partial charge in [-0.3, -0.25) is 9.78 Å². The summed E-state index contributed by atoms with van der Waals surface area (Å²) in [6.45, 7) is 4.10. The Morgan fingerprint density at radius 2 is 2.05 bits per heavy atom. The van der Waals surface area contributed by atoms with Gasteiger partial charge in [0.15, 0.2) is 0 Å². The minimum Gasteiger partial charge on any atom is -0.376 e. The number of nitrogens with one attached hydrogen (secondary N) is 1. The summed E-state index contributed by atoms with van der Waals surface area (Å²) in [5.74, 6) is -0.206. The summed E-state index contributed by atoms with van der Waals surface area (Å²) in [4.78, 5) is 16.2. The van der Waals surface area contributed by atoms with Gasteiger partial charge >= 0.3 is 0 Å². The second kappa shape index (κ2) is 3.72. The fourth-order valence-corrected chi connectivity index (χ4v) is 2.54. The maximum Gasteiger partial charge on any atom is 0.280 e. The molecular weight excluding hydrogens is 254 g/mol. The largest absolute Gasteiger partial charge is 0.376 e. The van der Waals surface area contributed by atoms with E-state index in [-0.39, 0.29) is 11.6 Å². The number of alkyl halides is 2. The molecule has 0 saturated carbocycles. The lowest BCUT2D eigenvalue weighted by atomic mass is 9.73. The number of nitrogens with zero attached hydrogens (tertiary/aromatic N) is 1. The van der Waals surface area contributed by atoms with Crippen molar-refractivity contribution >= 4 is 5.91 Å². The van der Waals surface area contributed by atoms with Crippen LogP contribution in [-0.4, -0.2) is 24.1 Å². The number of rotatable bonds is 1.